The van der Waals surface area contributed by atoms with Gasteiger partial charge in [-0.05, 0) is 55.5 Å². The van der Waals surface area contributed by atoms with Crippen LogP contribution in [0.4, 0.5) is 5.69 Å². The summed E-state index contributed by atoms with van der Waals surface area (Å²) in [6, 6.07) is 14.6. The first-order valence-corrected chi connectivity index (χ1v) is 8.33. The molecule has 27 heavy (non-hydrogen) atoms. The molecule has 7 heteroatoms. The SMILES string of the molecule is Cc1cc2cc(N=C(N)NC(=O)c3ccc(-n4cccc4)nc3)ccc2o1. The molecule has 0 radical (unpaired) electrons. The van der Waals surface area contributed by atoms with E-state index in [0.29, 0.717) is 11.3 Å². The Balaban J connectivity index is 1.48. The minimum atomic E-state index is -0.372. The third kappa shape index (κ3) is 3.57. The standard InChI is InChI=1S/C20H17N5O2/c1-13-10-15-11-16(5-6-17(15)27-13)23-20(21)24-19(26)14-4-7-18(22-12-14)25-8-2-3-9-25/h2-12H,1H3,(H3,21,23,24,26). The first-order valence-electron chi connectivity index (χ1n) is 8.33. The highest BCUT2D eigenvalue weighted by atomic mass is 16.3. The number of aliphatic imine (C=N–C) groups is 1. The Bertz CT molecular complexity index is 1130. The number of benzene rings is 1. The zero-order valence-electron chi connectivity index (χ0n) is 14.6. The number of rotatable bonds is 3. The van der Waals surface area contributed by atoms with Gasteiger partial charge in [0, 0.05) is 24.0 Å². The summed E-state index contributed by atoms with van der Waals surface area (Å²) in [5, 5.41) is 3.50. The first kappa shape index (κ1) is 16.6. The number of nitrogens with one attached hydrogen (secondary N) is 1. The van der Waals surface area contributed by atoms with Gasteiger partial charge in [-0.3, -0.25) is 10.1 Å². The van der Waals surface area contributed by atoms with Crippen molar-refractivity contribution < 1.29 is 9.21 Å². The van der Waals surface area contributed by atoms with E-state index in [1.807, 2.05) is 54.2 Å². The zero-order chi connectivity index (χ0) is 18.8. The van der Waals surface area contributed by atoms with E-state index in [4.69, 9.17) is 10.2 Å². The Labute approximate surface area is 155 Å². The van der Waals surface area contributed by atoms with E-state index < -0.39 is 0 Å². The fourth-order valence-electron chi connectivity index (χ4n) is 2.75. The average Bonchev–Trinajstić information content (AvgIpc) is 3.30. The maximum atomic E-state index is 12.3. The van der Waals surface area contributed by atoms with Crippen LogP contribution < -0.4 is 11.1 Å². The van der Waals surface area contributed by atoms with E-state index in [9.17, 15) is 4.79 Å². The van der Waals surface area contributed by atoms with Crippen molar-refractivity contribution in [3.05, 3.63) is 78.4 Å². The predicted octanol–water partition coefficient (Wildman–Crippen LogP) is 3.30. The van der Waals surface area contributed by atoms with E-state index in [1.54, 1.807) is 18.2 Å². The lowest BCUT2D eigenvalue weighted by atomic mass is 10.2. The van der Waals surface area contributed by atoms with Crippen molar-refractivity contribution in [3.8, 4) is 5.82 Å². The van der Waals surface area contributed by atoms with Crippen molar-refractivity contribution in [1.82, 2.24) is 14.9 Å². The monoisotopic (exact) mass is 359 g/mol. The minimum Gasteiger partial charge on any atom is -0.461 e. The van der Waals surface area contributed by atoms with E-state index in [2.05, 4.69) is 15.3 Å². The Morgan fingerprint density at radius 2 is 2.00 bits per heavy atom. The molecular formula is C20H17N5O2. The van der Waals surface area contributed by atoms with Gasteiger partial charge in [-0.25, -0.2) is 9.98 Å². The van der Waals surface area contributed by atoms with Crippen molar-refractivity contribution >= 4 is 28.5 Å². The lowest BCUT2D eigenvalue weighted by molar-refractivity contribution is 0.0976. The first-order chi connectivity index (χ1) is 13.1. The number of aromatic nitrogens is 2. The van der Waals surface area contributed by atoms with Crippen molar-refractivity contribution in [3.63, 3.8) is 0 Å². The molecule has 0 saturated heterocycles. The molecule has 1 aromatic carbocycles. The third-order valence-electron chi connectivity index (χ3n) is 3.99. The van der Waals surface area contributed by atoms with Gasteiger partial charge in [-0.15, -0.1) is 0 Å². The molecule has 1 amide bonds. The van der Waals surface area contributed by atoms with Gasteiger partial charge in [0.15, 0.2) is 0 Å². The van der Waals surface area contributed by atoms with Crippen LogP contribution in [0.3, 0.4) is 0 Å². The van der Waals surface area contributed by atoms with Gasteiger partial charge in [0.1, 0.15) is 17.2 Å². The van der Waals surface area contributed by atoms with E-state index in [1.165, 1.54) is 6.20 Å². The Hall–Kier alpha value is -3.87. The summed E-state index contributed by atoms with van der Waals surface area (Å²) < 4.78 is 7.38. The lowest BCUT2D eigenvalue weighted by Crippen LogP contribution is -2.36. The quantitative estimate of drug-likeness (QED) is 0.433. The molecule has 0 saturated carbocycles. The van der Waals surface area contributed by atoms with E-state index >= 15 is 0 Å². The van der Waals surface area contributed by atoms with Gasteiger partial charge in [0.25, 0.3) is 5.91 Å². The van der Waals surface area contributed by atoms with Crippen LogP contribution in [0.1, 0.15) is 16.1 Å². The van der Waals surface area contributed by atoms with Crippen molar-refractivity contribution in [2.45, 2.75) is 6.92 Å². The summed E-state index contributed by atoms with van der Waals surface area (Å²) in [6.07, 6.45) is 5.26. The third-order valence-corrected chi connectivity index (χ3v) is 3.99. The molecule has 0 atom stereocenters. The van der Waals surface area contributed by atoms with Crippen molar-refractivity contribution in [1.29, 1.82) is 0 Å². The molecule has 4 rings (SSSR count). The Morgan fingerprint density at radius 3 is 2.74 bits per heavy atom. The van der Waals surface area contributed by atoms with Crippen LogP contribution in [0.15, 0.2) is 76.5 Å². The van der Waals surface area contributed by atoms with Gasteiger partial charge < -0.3 is 14.7 Å². The topological polar surface area (TPSA) is 98.4 Å². The Morgan fingerprint density at radius 1 is 1.19 bits per heavy atom. The van der Waals surface area contributed by atoms with Gasteiger partial charge >= 0.3 is 0 Å². The molecule has 0 spiro atoms. The van der Waals surface area contributed by atoms with Crippen LogP contribution in [0.5, 0.6) is 0 Å². The normalized spacial score (nSPS) is 11.7. The summed E-state index contributed by atoms with van der Waals surface area (Å²) in [4.78, 5) is 20.8. The second-order valence-electron chi connectivity index (χ2n) is 6.03. The maximum absolute atomic E-state index is 12.3. The number of furan rings is 1. The number of aryl methyl sites for hydroxylation is 1. The number of amides is 1. The fraction of sp³-hybridized carbons (Fsp3) is 0.0500. The van der Waals surface area contributed by atoms with Crippen molar-refractivity contribution in [2.75, 3.05) is 0 Å². The molecule has 3 aromatic heterocycles. The summed E-state index contributed by atoms with van der Waals surface area (Å²) in [5.74, 6) is 1.18. The van der Waals surface area contributed by atoms with Crippen LogP contribution in [-0.2, 0) is 0 Å². The smallest absolute Gasteiger partial charge is 0.259 e. The van der Waals surface area contributed by atoms with Crippen LogP contribution in [0, 0.1) is 6.92 Å². The molecule has 3 heterocycles. The lowest BCUT2D eigenvalue weighted by Gasteiger charge is -2.06. The molecule has 0 unspecified atom stereocenters. The second-order valence-corrected chi connectivity index (χ2v) is 6.03. The number of nitrogens with two attached hydrogens (primary N) is 1. The van der Waals surface area contributed by atoms with Crippen LogP contribution in [0.25, 0.3) is 16.8 Å². The number of guanidine groups is 1. The molecule has 0 fully saturated rings. The summed E-state index contributed by atoms with van der Waals surface area (Å²) in [6.45, 7) is 1.88. The van der Waals surface area contributed by atoms with Gasteiger partial charge in [0.05, 0.1) is 11.3 Å². The molecule has 0 aliphatic heterocycles. The van der Waals surface area contributed by atoms with Gasteiger partial charge in [0.2, 0.25) is 5.96 Å². The van der Waals surface area contributed by atoms with Crippen LogP contribution in [-0.4, -0.2) is 21.4 Å². The molecule has 0 aliphatic rings. The highest BCUT2D eigenvalue weighted by molar-refractivity contribution is 6.05. The Kier molecular flexibility index (Phi) is 4.18. The molecule has 134 valence electrons. The fourth-order valence-corrected chi connectivity index (χ4v) is 2.75. The summed E-state index contributed by atoms with van der Waals surface area (Å²) in [5.41, 5.74) is 7.67. The number of hydrogen-bond donors (Lipinski definition) is 2. The number of carbonyl (C=O) groups excluding carboxylic acids is 1. The summed E-state index contributed by atoms with van der Waals surface area (Å²) >= 11 is 0. The average molecular weight is 359 g/mol. The second kappa shape index (κ2) is 6.80. The number of nitrogens with zero attached hydrogens (tertiary/aromatic N) is 3. The maximum Gasteiger partial charge on any atom is 0.259 e. The highest BCUT2D eigenvalue weighted by Gasteiger charge is 2.09. The predicted molar refractivity (Wildman–Crippen MR) is 103 cm³/mol. The highest BCUT2D eigenvalue weighted by Crippen LogP contribution is 2.24. The molecule has 3 N–H and O–H groups in total. The van der Waals surface area contributed by atoms with E-state index in [-0.39, 0.29) is 11.9 Å². The molecule has 0 bridgehead atoms. The van der Waals surface area contributed by atoms with Crippen molar-refractivity contribution in [2.24, 2.45) is 10.7 Å². The molecule has 0 aliphatic carbocycles. The largest absolute Gasteiger partial charge is 0.461 e. The van der Waals surface area contributed by atoms with Gasteiger partial charge in [-0.1, -0.05) is 0 Å². The summed E-state index contributed by atoms with van der Waals surface area (Å²) in [7, 11) is 0. The molecule has 4 aromatic rings. The minimum absolute atomic E-state index is 0.00838. The van der Waals surface area contributed by atoms with Gasteiger partial charge in [-0.2, -0.15) is 0 Å². The van der Waals surface area contributed by atoms with Crippen LogP contribution >= 0.6 is 0 Å². The van der Waals surface area contributed by atoms with E-state index in [0.717, 1.165) is 22.5 Å². The number of fused-ring (bicyclic) bond motifs is 1. The van der Waals surface area contributed by atoms with Crippen LogP contribution in [0.2, 0.25) is 0 Å². The number of hydrogen-bond acceptors (Lipinski definition) is 4. The molecular weight excluding hydrogens is 342 g/mol. The number of pyridine rings is 1. The molecule has 7 nitrogen and oxygen atoms in total. The zero-order valence-corrected chi connectivity index (χ0v) is 14.6. The number of carbonyl (C=O) groups is 1.